The summed E-state index contributed by atoms with van der Waals surface area (Å²) in [5.74, 6) is -1.30. The molecule has 0 aliphatic heterocycles. The lowest BCUT2D eigenvalue weighted by Crippen LogP contribution is -2.11. The summed E-state index contributed by atoms with van der Waals surface area (Å²) in [7, 11) is 0. The fourth-order valence-electron chi connectivity index (χ4n) is 2.01. The highest BCUT2D eigenvalue weighted by molar-refractivity contribution is 5.87. The fourth-order valence-corrected chi connectivity index (χ4v) is 2.01. The maximum absolute atomic E-state index is 13.5. The van der Waals surface area contributed by atoms with Crippen molar-refractivity contribution in [2.24, 2.45) is 0 Å². The summed E-state index contributed by atoms with van der Waals surface area (Å²) in [5, 5.41) is 9.20. The van der Waals surface area contributed by atoms with Crippen molar-refractivity contribution in [3.63, 3.8) is 0 Å². The van der Waals surface area contributed by atoms with Crippen LogP contribution in [0.25, 0.3) is 0 Å². The monoisotopic (exact) mass is 247 g/mol. The Bertz CT molecular complexity index is 575. The Morgan fingerprint density at radius 1 is 1.28 bits per heavy atom. The minimum atomic E-state index is -0.979. The maximum Gasteiger partial charge on any atom is 0.352 e. The van der Waals surface area contributed by atoms with E-state index in [1.807, 2.05) is 6.92 Å². The molecule has 94 valence electrons. The lowest BCUT2D eigenvalue weighted by Gasteiger charge is -2.08. The van der Waals surface area contributed by atoms with Crippen molar-refractivity contribution < 1.29 is 14.3 Å². The van der Waals surface area contributed by atoms with Crippen LogP contribution in [-0.4, -0.2) is 15.6 Å². The van der Waals surface area contributed by atoms with Gasteiger partial charge in [0.2, 0.25) is 0 Å². The summed E-state index contributed by atoms with van der Waals surface area (Å²) in [6.45, 7) is 2.13. The van der Waals surface area contributed by atoms with E-state index in [0.29, 0.717) is 12.0 Å². The number of nitrogens with zero attached hydrogens (tertiary/aromatic N) is 1. The standard InChI is InChI=1S/C14H14FNO2/c1-2-10-7-8-16(13(10)14(17)18)9-11-5-3-4-6-12(11)15/h3-8H,2,9H2,1H3,(H,17,18). The molecule has 2 aromatic rings. The number of carboxylic acid groups (broad SMARTS) is 1. The van der Waals surface area contributed by atoms with Crippen LogP contribution in [0, 0.1) is 5.82 Å². The Kier molecular flexibility index (Phi) is 3.46. The molecule has 0 atom stereocenters. The van der Waals surface area contributed by atoms with E-state index in [1.165, 1.54) is 6.07 Å². The molecule has 1 N–H and O–H groups in total. The van der Waals surface area contributed by atoms with Gasteiger partial charge in [-0.1, -0.05) is 25.1 Å². The first-order valence-electron chi connectivity index (χ1n) is 5.78. The van der Waals surface area contributed by atoms with E-state index in [-0.39, 0.29) is 18.1 Å². The first-order valence-corrected chi connectivity index (χ1v) is 5.78. The van der Waals surface area contributed by atoms with Gasteiger partial charge in [0.05, 0.1) is 6.54 Å². The van der Waals surface area contributed by atoms with Crippen molar-refractivity contribution in [1.29, 1.82) is 0 Å². The van der Waals surface area contributed by atoms with Crippen LogP contribution in [0.2, 0.25) is 0 Å². The quantitative estimate of drug-likeness (QED) is 0.902. The van der Waals surface area contributed by atoms with E-state index in [4.69, 9.17) is 0 Å². The van der Waals surface area contributed by atoms with Crippen molar-refractivity contribution in [2.75, 3.05) is 0 Å². The summed E-state index contributed by atoms with van der Waals surface area (Å²) in [6.07, 6.45) is 2.33. The highest BCUT2D eigenvalue weighted by atomic mass is 19.1. The van der Waals surface area contributed by atoms with Gasteiger partial charge in [-0.15, -0.1) is 0 Å². The molecule has 4 heteroatoms. The van der Waals surface area contributed by atoms with Gasteiger partial charge in [0.1, 0.15) is 11.5 Å². The number of benzene rings is 1. The smallest absolute Gasteiger partial charge is 0.352 e. The van der Waals surface area contributed by atoms with E-state index in [2.05, 4.69) is 0 Å². The van der Waals surface area contributed by atoms with E-state index in [0.717, 1.165) is 5.56 Å². The number of hydrogen-bond donors (Lipinski definition) is 1. The van der Waals surface area contributed by atoms with Crippen LogP contribution in [0.4, 0.5) is 4.39 Å². The Labute approximate surface area is 104 Å². The molecule has 0 aliphatic rings. The first-order chi connectivity index (χ1) is 8.63. The summed E-state index contributed by atoms with van der Waals surface area (Å²) >= 11 is 0. The lowest BCUT2D eigenvalue weighted by molar-refractivity contribution is 0.0684. The van der Waals surface area contributed by atoms with E-state index in [1.54, 1.807) is 35.0 Å². The molecule has 0 spiro atoms. The third-order valence-corrected chi connectivity index (χ3v) is 2.93. The molecule has 1 heterocycles. The molecule has 0 saturated heterocycles. The van der Waals surface area contributed by atoms with E-state index < -0.39 is 5.97 Å². The van der Waals surface area contributed by atoms with Crippen molar-refractivity contribution in [3.05, 3.63) is 59.2 Å². The van der Waals surface area contributed by atoms with Crippen LogP contribution in [0.3, 0.4) is 0 Å². The average molecular weight is 247 g/mol. The Balaban J connectivity index is 2.38. The van der Waals surface area contributed by atoms with Crippen LogP contribution >= 0.6 is 0 Å². The molecular weight excluding hydrogens is 233 g/mol. The van der Waals surface area contributed by atoms with Gasteiger partial charge in [0.25, 0.3) is 0 Å². The minimum Gasteiger partial charge on any atom is -0.477 e. The minimum absolute atomic E-state index is 0.230. The molecule has 0 radical (unpaired) electrons. The van der Waals surface area contributed by atoms with Crippen molar-refractivity contribution in [3.8, 4) is 0 Å². The SMILES string of the molecule is CCc1ccn(Cc2ccccc2F)c1C(=O)O. The van der Waals surface area contributed by atoms with Crippen LogP contribution in [0.15, 0.2) is 36.5 Å². The summed E-state index contributed by atoms with van der Waals surface area (Å²) in [5.41, 5.74) is 1.48. The Morgan fingerprint density at radius 3 is 2.61 bits per heavy atom. The highest BCUT2D eigenvalue weighted by Crippen LogP contribution is 2.16. The zero-order valence-corrected chi connectivity index (χ0v) is 10.1. The molecule has 0 aliphatic carbocycles. The summed E-state index contributed by atoms with van der Waals surface area (Å²) in [4.78, 5) is 11.2. The number of hydrogen-bond acceptors (Lipinski definition) is 1. The van der Waals surface area contributed by atoms with Crippen LogP contribution in [0.1, 0.15) is 28.5 Å². The van der Waals surface area contributed by atoms with Gasteiger partial charge in [0.15, 0.2) is 0 Å². The van der Waals surface area contributed by atoms with Gasteiger partial charge in [-0.05, 0) is 24.1 Å². The van der Waals surface area contributed by atoms with Crippen LogP contribution in [0.5, 0.6) is 0 Å². The van der Waals surface area contributed by atoms with Crippen molar-refractivity contribution in [2.45, 2.75) is 19.9 Å². The zero-order valence-electron chi connectivity index (χ0n) is 10.1. The van der Waals surface area contributed by atoms with Gasteiger partial charge >= 0.3 is 5.97 Å². The predicted octanol–water partition coefficient (Wildman–Crippen LogP) is 2.94. The second-order valence-electron chi connectivity index (χ2n) is 4.07. The highest BCUT2D eigenvalue weighted by Gasteiger charge is 2.15. The third kappa shape index (κ3) is 2.27. The normalized spacial score (nSPS) is 10.6. The predicted molar refractivity (Wildman–Crippen MR) is 66.3 cm³/mol. The molecule has 0 amide bonds. The van der Waals surface area contributed by atoms with E-state index in [9.17, 15) is 14.3 Å². The van der Waals surface area contributed by atoms with Crippen molar-refractivity contribution in [1.82, 2.24) is 4.57 Å². The second-order valence-corrected chi connectivity index (χ2v) is 4.07. The average Bonchev–Trinajstić information content (AvgIpc) is 2.75. The topological polar surface area (TPSA) is 42.2 Å². The fraction of sp³-hybridized carbons (Fsp3) is 0.214. The van der Waals surface area contributed by atoms with Gasteiger partial charge in [-0.2, -0.15) is 0 Å². The molecule has 1 aromatic heterocycles. The first kappa shape index (κ1) is 12.4. The number of halogens is 1. The Morgan fingerprint density at radius 2 is 2.00 bits per heavy atom. The molecule has 0 saturated carbocycles. The maximum atomic E-state index is 13.5. The van der Waals surface area contributed by atoms with E-state index >= 15 is 0 Å². The number of aromatic nitrogens is 1. The van der Waals surface area contributed by atoms with Gasteiger partial charge in [-0.3, -0.25) is 0 Å². The van der Waals surface area contributed by atoms with Gasteiger partial charge in [0, 0.05) is 11.8 Å². The summed E-state index contributed by atoms with van der Waals surface area (Å²) in [6, 6.07) is 8.16. The third-order valence-electron chi connectivity index (χ3n) is 2.93. The second kappa shape index (κ2) is 5.04. The number of rotatable bonds is 4. The molecule has 18 heavy (non-hydrogen) atoms. The number of carboxylic acids is 1. The number of carbonyl (C=O) groups is 1. The Hall–Kier alpha value is -2.10. The molecule has 0 unspecified atom stereocenters. The van der Waals surface area contributed by atoms with Crippen LogP contribution in [-0.2, 0) is 13.0 Å². The summed E-state index contributed by atoms with van der Waals surface area (Å²) < 4.78 is 15.1. The zero-order chi connectivity index (χ0) is 13.1. The molecule has 2 rings (SSSR count). The molecule has 0 fully saturated rings. The molecule has 0 bridgehead atoms. The molecular formula is C14H14FNO2. The largest absolute Gasteiger partial charge is 0.477 e. The number of aromatic carboxylic acids is 1. The van der Waals surface area contributed by atoms with Gasteiger partial charge in [-0.25, -0.2) is 9.18 Å². The van der Waals surface area contributed by atoms with Crippen molar-refractivity contribution >= 4 is 5.97 Å². The lowest BCUT2D eigenvalue weighted by atomic mass is 10.2. The van der Waals surface area contributed by atoms with Gasteiger partial charge < -0.3 is 9.67 Å². The molecule has 3 nitrogen and oxygen atoms in total. The number of aryl methyl sites for hydroxylation is 1. The molecule has 1 aromatic carbocycles. The van der Waals surface area contributed by atoms with Crippen LogP contribution < -0.4 is 0 Å².